The van der Waals surface area contributed by atoms with Crippen LogP contribution in [0.3, 0.4) is 0 Å². The van der Waals surface area contributed by atoms with Crippen molar-refractivity contribution in [1.82, 2.24) is 9.47 Å². The first kappa shape index (κ1) is 13.9. The molecule has 21 heavy (non-hydrogen) atoms. The standard InChI is InChI=1S/C18H22N2O/c1-4-14-5-6-15-16(12-19(3)17(15)11-14)18(21)20-9-7-13(2)8-10-20/h4-6,11-13H,1,7-10H2,2-3H3. The van der Waals surface area contributed by atoms with Crippen molar-refractivity contribution >= 4 is 22.9 Å². The summed E-state index contributed by atoms with van der Waals surface area (Å²) in [5.74, 6) is 0.899. The Balaban J connectivity index is 1.97. The molecule has 1 fully saturated rings. The molecule has 0 aliphatic carbocycles. The number of carbonyl (C=O) groups excluding carboxylic acids is 1. The minimum absolute atomic E-state index is 0.166. The van der Waals surface area contributed by atoms with Gasteiger partial charge in [0.2, 0.25) is 0 Å². The third-order valence-electron chi connectivity index (χ3n) is 4.55. The second kappa shape index (κ2) is 5.40. The topological polar surface area (TPSA) is 25.2 Å². The van der Waals surface area contributed by atoms with E-state index in [4.69, 9.17) is 0 Å². The molecule has 1 aliphatic heterocycles. The van der Waals surface area contributed by atoms with Gasteiger partial charge in [0.15, 0.2) is 0 Å². The summed E-state index contributed by atoms with van der Waals surface area (Å²) in [5.41, 5.74) is 2.98. The van der Waals surface area contributed by atoms with Gasteiger partial charge in [0.05, 0.1) is 5.56 Å². The normalized spacial score (nSPS) is 16.4. The summed E-state index contributed by atoms with van der Waals surface area (Å²) in [6.45, 7) is 7.82. The smallest absolute Gasteiger partial charge is 0.256 e. The lowest BCUT2D eigenvalue weighted by Crippen LogP contribution is -2.37. The highest BCUT2D eigenvalue weighted by molar-refractivity contribution is 6.07. The van der Waals surface area contributed by atoms with Crippen LogP contribution in [0.4, 0.5) is 0 Å². The van der Waals surface area contributed by atoms with Gasteiger partial charge in [-0.05, 0) is 30.4 Å². The van der Waals surface area contributed by atoms with E-state index in [1.807, 2.05) is 40.9 Å². The van der Waals surface area contributed by atoms with Crippen LogP contribution in [0.2, 0.25) is 0 Å². The summed E-state index contributed by atoms with van der Waals surface area (Å²) >= 11 is 0. The van der Waals surface area contributed by atoms with Crippen LogP contribution < -0.4 is 0 Å². The van der Waals surface area contributed by atoms with E-state index in [1.165, 1.54) is 0 Å². The van der Waals surface area contributed by atoms with E-state index in [-0.39, 0.29) is 5.91 Å². The van der Waals surface area contributed by atoms with Crippen molar-refractivity contribution in [2.24, 2.45) is 13.0 Å². The number of amides is 1. The zero-order valence-corrected chi connectivity index (χ0v) is 12.8. The molecule has 0 spiro atoms. The maximum atomic E-state index is 12.8. The molecule has 2 aromatic rings. The fraction of sp³-hybridized carbons (Fsp3) is 0.389. The molecule has 1 amide bonds. The van der Waals surface area contributed by atoms with E-state index >= 15 is 0 Å². The molecule has 110 valence electrons. The third-order valence-corrected chi connectivity index (χ3v) is 4.55. The molecule has 3 rings (SSSR count). The molecular weight excluding hydrogens is 260 g/mol. The fourth-order valence-electron chi connectivity index (χ4n) is 3.08. The number of rotatable bonds is 2. The molecule has 0 atom stereocenters. The van der Waals surface area contributed by atoms with Crippen molar-refractivity contribution in [3.8, 4) is 0 Å². The Bertz CT molecular complexity index is 691. The fourth-order valence-corrected chi connectivity index (χ4v) is 3.08. The minimum Gasteiger partial charge on any atom is -0.350 e. The predicted octanol–water partition coefficient (Wildman–Crippen LogP) is 3.69. The second-order valence-electron chi connectivity index (χ2n) is 6.11. The maximum Gasteiger partial charge on any atom is 0.256 e. The van der Waals surface area contributed by atoms with Crippen LogP contribution in [0.5, 0.6) is 0 Å². The Morgan fingerprint density at radius 3 is 2.71 bits per heavy atom. The van der Waals surface area contributed by atoms with Crippen LogP contribution in [0.1, 0.15) is 35.7 Å². The molecular formula is C18H22N2O. The van der Waals surface area contributed by atoms with Crippen LogP contribution in [0, 0.1) is 5.92 Å². The lowest BCUT2D eigenvalue weighted by atomic mass is 9.98. The highest BCUT2D eigenvalue weighted by Crippen LogP contribution is 2.25. The summed E-state index contributed by atoms with van der Waals surface area (Å²) in [6.07, 6.45) is 6.01. The van der Waals surface area contributed by atoms with Gasteiger partial charge >= 0.3 is 0 Å². The van der Waals surface area contributed by atoms with Crippen LogP contribution in [-0.2, 0) is 7.05 Å². The van der Waals surface area contributed by atoms with Gasteiger partial charge in [-0.1, -0.05) is 31.7 Å². The molecule has 1 aromatic heterocycles. The average Bonchev–Trinajstić information content (AvgIpc) is 2.84. The van der Waals surface area contributed by atoms with Crippen molar-refractivity contribution in [2.75, 3.05) is 13.1 Å². The lowest BCUT2D eigenvalue weighted by molar-refractivity contribution is 0.0699. The summed E-state index contributed by atoms with van der Waals surface area (Å²) < 4.78 is 2.03. The summed E-state index contributed by atoms with van der Waals surface area (Å²) in [6, 6.07) is 6.13. The molecule has 1 saturated heterocycles. The molecule has 3 heteroatoms. The lowest BCUT2D eigenvalue weighted by Gasteiger charge is -2.30. The van der Waals surface area contributed by atoms with Crippen LogP contribution in [-0.4, -0.2) is 28.5 Å². The quantitative estimate of drug-likeness (QED) is 0.824. The van der Waals surface area contributed by atoms with E-state index < -0.39 is 0 Å². The Kier molecular flexibility index (Phi) is 3.58. The maximum absolute atomic E-state index is 12.8. The summed E-state index contributed by atoms with van der Waals surface area (Å²) in [4.78, 5) is 14.8. The van der Waals surface area contributed by atoms with Gasteiger partial charge in [-0.3, -0.25) is 4.79 Å². The van der Waals surface area contributed by atoms with E-state index in [1.54, 1.807) is 0 Å². The molecule has 0 unspecified atom stereocenters. The number of carbonyl (C=O) groups is 1. The highest BCUT2D eigenvalue weighted by Gasteiger charge is 2.23. The molecule has 1 aliphatic rings. The van der Waals surface area contributed by atoms with Gasteiger partial charge in [0.1, 0.15) is 0 Å². The molecule has 0 bridgehead atoms. The van der Waals surface area contributed by atoms with Crippen LogP contribution in [0.15, 0.2) is 31.0 Å². The average molecular weight is 282 g/mol. The zero-order chi connectivity index (χ0) is 15.0. The number of aromatic nitrogens is 1. The molecule has 0 N–H and O–H groups in total. The monoisotopic (exact) mass is 282 g/mol. The van der Waals surface area contributed by atoms with E-state index in [9.17, 15) is 4.79 Å². The van der Waals surface area contributed by atoms with Crippen molar-refractivity contribution in [2.45, 2.75) is 19.8 Å². The van der Waals surface area contributed by atoms with Gasteiger partial charge in [-0.15, -0.1) is 0 Å². The number of fused-ring (bicyclic) bond motifs is 1. The summed E-state index contributed by atoms with van der Waals surface area (Å²) in [5, 5.41) is 1.03. The first-order valence-electron chi connectivity index (χ1n) is 7.61. The Morgan fingerprint density at radius 1 is 1.33 bits per heavy atom. The van der Waals surface area contributed by atoms with Gasteiger partial charge in [0.25, 0.3) is 5.91 Å². The van der Waals surface area contributed by atoms with Crippen molar-refractivity contribution in [3.63, 3.8) is 0 Å². The third kappa shape index (κ3) is 2.48. The molecule has 0 saturated carbocycles. The highest BCUT2D eigenvalue weighted by atomic mass is 16.2. The second-order valence-corrected chi connectivity index (χ2v) is 6.11. The van der Waals surface area contributed by atoms with E-state index in [0.717, 1.165) is 53.9 Å². The first-order chi connectivity index (χ1) is 10.1. The number of aryl methyl sites for hydroxylation is 1. The number of hydrogen-bond acceptors (Lipinski definition) is 1. The SMILES string of the molecule is C=Cc1ccc2c(C(=O)N3CCC(C)CC3)cn(C)c2c1. The first-order valence-corrected chi connectivity index (χ1v) is 7.61. The number of piperidine rings is 1. The number of nitrogens with zero attached hydrogens (tertiary/aromatic N) is 2. The van der Waals surface area contributed by atoms with Crippen molar-refractivity contribution < 1.29 is 4.79 Å². The molecule has 3 nitrogen and oxygen atoms in total. The number of hydrogen-bond donors (Lipinski definition) is 0. The Labute approximate surface area is 125 Å². The van der Waals surface area contributed by atoms with Crippen molar-refractivity contribution in [1.29, 1.82) is 0 Å². The summed E-state index contributed by atoms with van der Waals surface area (Å²) in [7, 11) is 1.99. The zero-order valence-electron chi connectivity index (χ0n) is 12.8. The van der Waals surface area contributed by atoms with Gasteiger partial charge < -0.3 is 9.47 Å². The predicted molar refractivity (Wildman–Crippen MR) is 87.3 cm³/mol. The number of benzene rings is 1. The van der Waals surface area contributed by atoms with Crippen molar-refractivity contribution in [3.05, 3.63) is 42.1 Å². The molecule has 0 radical (unpaired) electrons. The minimum atomic E-state index is 0.166. The number of likely N-dealkylation sites (tertiary alicyclic amines) is 1. The largest absolute Gasteiger partial charge is 0.350 e. The van der Waals surface area contributed by atoms with E-state index in [0.29, 0.717) is 0 Å². The van der Waals surface area contributed by atoms with Gasteiger partial charge in [-0.2, -0.15) is 0 Å². The Hall–Kier alpha value is -2.03. The van der Waals surface area contributed by atoms with Crippen LogP contribution >= 0.6 is 0 Å². The molecule has 2 heterocycles. The Morgan fingerprint density at radius 2 is 2.05 bits per heavy atom. The van der Waals surface area contributed by atoms with E-state index in [2.05, 4.69) is 19.6 Å². The van der Waals surface area contributed by atoms with Gasteiger partial charge in [0, 0.05) is 37.2 Å². The van der Waals surface area contributed by atoms with Crippen LogP contribution in [0.25, 0.3) is 17.0 Å². The van der Waals surface area contributed by atoms with Gasteiger partial charge in [-0.25, -0.2) is 0 Å². The molecule has 1 aromatic carbocycles.